The molecule has 0 atom stereocenters. The summed E-state index contributed by atoms with van der Waals surface area (Å²) in [4.78, 5) is 0. The van der Waals surface area contributed by atoms with Gasteiger partial charge in [-0.1, -0.05) is 46.9 Å². The standard InChI is InChI=1S/C13H7Cl3F2O/c14-8-4-7(5-9(15)6-8)10-2-1-3-11(12(10)16)19-13(17)18/h1-6,13H. The number of halogens is 5. The minimum Gasteiger partial charge on any atom is -0.433 e. The van der Waals surface area contributed by atoms with Crippen molar-refractivity contribution < 1.29 is 13.5 Å². The highest BCUT2D eigenvalue weighted by atomic mass is 35.5. The average molecular weight is 324 g/mol. The number of hydrogen-bond acceptors (Lipinski definition) is 1. The van der Waals surface area contributed by atoms with E-state index in [4.69, 9.17) is 34.8 Å². The fourth-order valence-corrected chi connectivity index (χ4v) is 2.44. The third kappa shape index (κ3) is 3.50. The van der Waals surface area contributed by atoms with Crippen LogP contribution in [-0.4, -0.2) is 6.61 Å². The molecule has 2 aromatic carbocycles. The fourth-order valence-electron chi connectivity index (χ4n) is 1.63. The van der Waals surface area contributed by atoms with Crippen molar-refractivity contribution in [2.45, 2.75) is 6.61 Å². The topological polar surface area (TPSA) is 9.23 Å². The zero-order valence-electron chi connectivity index (χ0n) is 9.34. The van der Waals surface area contributed by atoms with Gasteiger partial charge in [0, 0.05) is 15.6 Å². The summed E-state index contributed by atoms with van der Waals surface area (Å²) in [5, 5.41) is 0.943. The van der Waals surface area contributed by atoms with Crippen molar-refractivity contribution >= 4 is 34.8 Å². The van der Waals surface area contributed by atoms with Crippen LogP contribution in [-0.2, 0) is 0 Å². The summed E-state index contributed by atoms with van der Waals surface area (Å²) in [5.74, 6) is -0.0923. The summed E-state index contributed by atoms with van der Waals surface area (Å²) < 4.78 is 28.8. The molecule has 0 saturated carbocycles. The molecule has 19 heavy (non-hydrogen) atoms. The van der Waals surface area contributed by atoms with Crippen LogP contribution < -0.4 is 4.74 Å². The van der Waals surface area contributed by atoms with Gasteiger partial charge in [-0.15, -0.1) is 0 Å². The molecule has 0 aliphatic rings. The number of rotatable bonds is 3. The second-order valence-corrected chi connectivity index (χ2v) is 4.91. The Morgan fingerprint density at radius 2 is 1.58 bits per heavy atom. The Balaban J connectivity index is 2.50. The third-order valence-corrected chi connectivity index (χ3v) is 3.18. The largest absolute Gasteiger partial charge is 0.433 e. The van der Waals surface area contributed by atoms with Gasteiger partial charge >= 0.3 is 6.61 Å². The van der Waals surface area contributed by atoms with Crippen molar-refractivity contribution in [3.63, 3.8) is 0 Å². The van der Waals surface area contributed by atoms with Crippen molar-refractivity contribution in [2.24, 2.45) is 0 Å². The van der Waals surface area contributed by atoms with Crippen LogP contribution in [0.2, 0.25) is 15.1 Å². The van der Waals surface area contributed by atoms with Gasteiger partial charge < -0.3 is 4.74 Å². The molecule has 0 heterocycles. The van der Waals surface area contributed by atoms with Gasteiger partial charge in [-0.05, 0) is 29.8 Å². The number of alkyl halides is 2. The second kappa shape index (κ2) is 5.95. The minimum atomic E-state index is -2.93. The Bertz CT molecular complexity index is 582. The quantitative estimate of drug-likeness (QED) is 0.681. The van der Waals surface area contributed by atoms with Crippen LogP contribution in [0.3, 0.4) is 0 Å². The first kappa shape index (κ1) is 14.4. The highest BCUT2D eigenvalue weighted by Gasteiger charge is 2.13. The van der Waals surface area contributed by atoms with Gasteiger partial charge in [-0.3, -0.25) is 0 Å². The maximum Gasteiger partial charge on any atom is 0.387 e. The van der Waals surface area contributed by atoms with E-state index in [1.54, 1.807) is 30.3 Å². The predicted molar refractivity (Wildman–Crippen MR) is 73.5 cm³/mol. The van der Waals surface area contributed by atoms with Crippen LogP contribution in [0.4, 0.5) is 8.78 Å². The molecule has 0 saturated heterocycles. The van der Waals surface area contributed by atoms with E-state index in [0.717, 1.165) is 0 Å². The van der Waals surface area contributed by atoms with E-state index in [-0.39, 0.29) is 10.8 Å². The first-order valence-electron chi connectivity index (χ1n) is 5.17. The van der Waals surface area contributed by atoms with Crippen molar-refractivity contribution in [1.29, 1.82) is 0 Å². The summed E-state index contributed by atoms with van der Waals surface area (Å²) in [6.45, 7) is -2.93. The molecule has 0 fully saturated rings. The van der Waals surface area contributed by atoms with E-state index in [9.17, 15) is 8.78 Å². The van der Waals surface area contributed by atoms with E-state index >= 15 is 0 Å². The summed E-state index contributed by atoms with van der Waals surface area (Å²) in [6, 6.07) is 9.45. The Labute approximate surface area is 123 Å². The zero-order chi connectivity index (χ0) is 14.0. The summed E-state index contributed by atoms with van der Waals surface area (Å²) in [5.41, 5.74) is 1.14. The predicted octanol–water partition coefficient (Wildman–Crippen LogP) is 5.92. The average Bonchev–Trinajstić information content (AvgIpc) is 2.30. The summed E-state index contributed by atoms with van der Waals surface area (Å²) in [7, 11) is 0. The number of benzene rings is 2. The highest BCUT2D eigenvalue weighted by molar-refractivity contribution is 6.36. The van der Waals surface area contributed by atoms with Crippen LogP contribution >= 0.6 is 34.8 Å². The van der Waals surface area contributed by atoms with Crippen molar-refractivity contribution in [3.8, 4) is 16.9 Å². The molecule has 2 rings (SSSR count). The molecule has 0 bridgehead atoms. The second-order valence-electron chi connectivity index (χ2n) is 3.65. The Hall–Kier alpha value is -1.03. The van der Waals surface area contributed by atoms with Gasteiger partial charge in [0.25, 0.3) is 0 Å². The fraction of sp³-hybridized carbons (Fsp3) is 0.0769. The highest BCUT2D eigenvalue weighted by Crippen LogP contribution is 2.37. The van der Waals surface area contributed by atoms with E-state index in [1.165, 1.54) is 6.07 Å². The van der Waals surface area contributed by atoms with E-state index < -0.39 is 6.61 Å². The first-order valence-corrected chi connectivity index (χ1v) is 6.30. The van der Waals surface area contributed by atoms with E-state index in [0.29, 0.717) is 21.2 Å². The molecule has 0 aromatic heterocycles. The molecular weight excluding hydrogens is 316 g/mol. The molecule has 100 valence electrons. The molecule has 1 nitrogen and oxygen atoms in total. The molecule has 0 aliphatic heterocycles. The summed E-state index contributed by atoms with van der Waals surface area (Å²) in [6.07, 6.45) is 0. The molecule has 0 N–H and O–H groups in total. The minimum absolute atomic E-state index is 0.0844. The van der Waals surface area contributed by atoms with Crippen LogP contribution in [0.5, 0.6) is 5.75 Å². The number of ether oxygens (including phenoxy) is 1. The first-order chi connectivity index (χ1) is 8.97. The molecule has 0 aliphatic carbocycles. The normalized spacial score (nSPS) is 10.8. The van der Waals surface area contributed by atoms with Gasteiger partial charge in [0.15, 0.2) is 0 Å². The molecule has 0 spiro atoms. The van der Waals surface area contributed by atoms with Gasteiger partial charge in [-0.25, -0.2) is 0 Å². The molecule has 6 heteroatoms. The van der Waals surface area contributed by atoms with Crippen molar-refractivity contribution in [2.75, 3.05) is 0 Å². The molecule has 0 unspecified atom stereocenters. The SMILES string of the molecule is FC(F)Oc1cccc(-c2cc(Cl)cc(Cl)c2)c1Cl. The number of hydrogen-bond donors (Lipinski definition) is 0. The third-order valence-electron chi connectivity index (χ3n) is 2.35. The van der Waals surface area contributed by atoms with Crippen molar-refractivity contribution in [3.05, 3.63) is 51.5 Å². The lowest BCUT2D eigenvalue weighted by Gasteiger charge is -2.11. The van der Waals surface area contributed by atoms with Crippen molar-refractivity contribution in [1.82, 2.24) is 0 Å². The van der Waals surface area contributed by atoms with Gasteiger partial charge in [0.05, 0.1) is 5.02 Å². The maximum absolute atomic E-state index is 12.2. The van der Waals surface area contributed by atoms with Crippen LogP contribution in [0, 0.1) is 0 Å². The Morgan fingerprint density at radius 3 is 2.16 bits per heavy atom. The smallest absolute Gasteiger partial charge is 0.387 e. The lowest BCUT2D eigenvalue weighted by molar-refractivity contribution is -0.0497. The lowest BCUT2D eigenvalue weighted by atomic mass is 10.1. The Kier molecular flexibility index (Phi) is 4.50. The van der Waals surface area contributed by atoms with Crippen LogP contribution in [0.15, 0.2) is 36.4 Å². The molecular formula is C13H7Cl3F2O. The van der Waals surface area contributed by atoms with E-state index in [1.807, 2.05) is 0 Å². The lowest BCUT2D eigenvalue weighted by Crippen LogP contribution is -2.02. The molecule has 0 radical (unpaired) electrons. The van der Waals surface area contributed by atoms with Gasteiger partial charge in [0.2, 0.25) is 0 Å². The van der Waals surface area contributed by atoms with Crippen LogP contribution in [0.1, 0.15) is 0 Å². The Morgan fingerprint density at radius 1 is 0.947 bits per heavy atom. The van der Waals surface area contributed by atoms with Gasteiger partial charge in [0.1, 0.15) is 5.75 Å². The summed E-state index contributed by atoms with van der Waals surface area (Å²) >= 11 is 17.8. The molecule has 0 amide bonds. The monoisotopic (exact) mass is 322 g/mol. The zero-order valence-corrected chi connectivity index (χ0v) is 11.6. The maximum atomic E-state index is 12.2. The molecule has 2 aromatic rings. The van der Waals surface area contributed by atoms with Crippen LogP contribution in [0.25, 0.3) is 11.1 Å². The van der Waals surface area contributed by atoms with Gasteiger partial charge in [-0.2, -0.15) is 8.78 Å². The van der Waals surface area contributed by atoms with E-state index in [2.05, 4.69) is 4.74 Å².